The Morgan fingerprint density at radius 2 is 0.640 bits per heavy atom. The van der Waals surface area contributed by atoms with E-state index in [2.05, 4.69) is 66.0 Å². The van der Waals surface area contributed by atoms with Crippen molar-refractivity contribution in [2.75, 3.05) is 0 Å². The average Bonchev–Trinajstić information content (AvgIpc) is 3.12. The Kier molecular flexibility index (Phi) is 43.1. The van der Waals surface area contributed by atoms with Crippen molar-refractivity contribution < 1.29 is 33.9 Å². The highest BCUT2D eigenvalue weighted by molar-refractivity contribution is 4.84. The molecule has 0 spiro atoms. The van der Waals surface area contributed by atoms with Gasteiger partial charge in [0.2, 0.25) is 6.17 Å². The largest absolute Gasteiger partial charge is 1.00 e. The van der Waals surface area contributed by atoms with Crippen molar-refractivity contribution in [2.24, 2.45) is 5.73 Å². The lowest BCUT2D eigenvalue weighted by atomic mass is 10.0. The molecular formula is C45H83Cl2N3. The van der Waals surface area contributed by atoms with Crippen LogP contribution >= 0.6 is 0 Å². The molecule has 0 aliphatic carbocycles. The minimum atomic E-state index is 0. The van der Waals surface area contributed by atoms with Gasteiger partial charge < -0.3 is 24.8 Å². The highest BCUT2D eigenvalue weighted by Crippen LogP contribution is 2.15. The summed E-state index contributed by atoms with van der Waals surface area (Å²) in [4.78, 5) is 0. The lowest BCUT2D eigenvalue weighted by molar-refractivity contribution is -0.723. The first-order valence-corrected chi connectivity index (χ1v) is 21.4. The van der Waals surface area contributed by atoms with E-state index in [1.54, 1.807) is 0 Å². The van der Waals surface area contributed by atoms with E-state index in [9.17, 15) is 0 Å². The van der Waals surface area contributed by atoms with Crippen LogP contribution in [0.15, 0.2) is 61.2 Å². The minimum absolute atomic E-state index is 0. The summed E-state index contributed by atoms with van der Waals surface area (Å²) in [5.41, 5.74) is 6.22. The maximum absolute atomic E-state index is 6.22. The normalized spacial score (nSPS) is 11.3. The number of pyridine rings is 2. The predicted octanol–water partition coefficient (Wildman–Crippen LogP) is 7.55. The molecule has 1 atom stereocenters. The van der Waals surface area contributed by atoms with Crippen LogP contribution in [0.5, 0.6) is 0 Å². The zero-order chi connectivity index (χ0) is 34.4. The highest BCUT2D eigenvalue weighted by Gasteiger charge is 2.10. The van der Waals surface area contributed by atoms with Crippen LogP contribution in [0.4, 0.5) is 0 Å². The molecule has 50 heavy (non-hydrogen) atoms. The monoisotopic (exact) mass is 736 g/mol. The molecule has 1 unspecified atom stereocenters. The average molecular weight is 737 g/mol. The standard InChI is InChI=1S/C24H45N2.C21H38N.2ClH/c1-2-3-4-5-6-7-8-9-10-11-12-13-14-15-16-18-21-24(25)26-22-19-17-20-23-26;1-2-3-4-5-6-7-8-9-10-11-12-13-14-16-19-22-20-17-15-18-21-22;;/h17,19-20,22-24H,2-16,18,21,25H2,1H3;15,17-18,20-21H,2-14,16,19H2,1H3;2*1H/q2*+1;;/p-2. The fourth-order valence-electron chi connectivity index (χ4n) is 6.76. The first kappa shape index (κ1) is 50.9. The third-order valence-corrected chi connectivity index (χ3v) is 10.0. The fraction of sp³-hybridized carbons (Fsp3) is 0.778. The summed E-state index contributed by atoms with van der Waals surface area (Å²) in [6.45, 7) is 5.76. The molecule has 2 heterocycles. The van der Waals surface area contributed by atoms with E-state index < -0.39 is 0 Å². The van der Waals surface area contributed by atoms with Gasteiger partial charge in [0.1, 0.15) is 6.54 Å². The Labute approximate surface area is 325 Å². The van der Waals surface area contributed by atoms with E-state index in [0.717, 1.165) is 6.42 Å². The van der Waals surface area contributed by atoms with Gasteiger partial charge in [-0.3, -0.25) is 5.73 Å². The topological polar surface area (TPSA) is 33.8 Å². The fourth-order valence-corrected chi connectivity index (χ4v) is 6.76. The third kappa shape index (κ3) is 35.3. The number of nitrogens with zero attached hydrogens (tertiary/aromatic N) is 2. The SMILES string of the molecule is CCCCCCCCCCCCCCCCCCC(N)[n+]1ccccc1.CCCCCCCCCCCCCCCC[n+]1ccccc1.[Cl-].[Cl-]. The lowest BCUT2D eigenvalue weighted by Crippen LogP contribution is -3.00. The Morgan fingerprint density at radius 3 is 0.980 bits per heavy atom. The number of rotatable bonds is 33. The molecule has 2 aromatic rings. The Balaban J connectivity index is 0. The van der Waals surface area contributed by atoms with Crippen LogP contribution in [0.25, 0.3) is 0 Å². The van der Waals surface area contributed by atoms with Gasteiger partial charge in [0.25, 0.3) is 0 Å². The molecular weight excluding hydrogens is 653 g/mol. The summed E-state index contributed by atoms with van der Waals surface area (Å²) in [6, 6.07) is 12.5. The molecule has 0 amide bonds. The molecule has 0 aliphatic heterocycles. The molecule has 0 aromatic carbocycles. The summed E-state index contributed by atoms with van der Waals surface area (Å²) >= 11 is 0. The van der Waals surface area contributed by atoms with Gasteiger partial charge in [-0.1, -0.05) is 199 Å². The maximum Gasteiger partial charge on any atom is 0.209 e. The van der Waals surface area contributed by atoms with Crippen molar-refractivity contribution in [3.8, 4) is 0 Å². The number of aromatic nitrogens is 2. The highest BCUT2D eigenvalue weighted by atomic mass is 35.5. The van der Waals surface area contributed by atoms with E-state index in [4.69, 9.17) is 5.73 Å². The second-order valence-corrected chi connectivity index (χ2v) is 14.7. The van der Waals surface area contributed by atoms with Gasteiger partial charge >= 0.3 is 0 Å². The van der Waals surface area contributed by atoms with Crippen LogP contribution in [-0.4, -0.2) is 0 Å². The predicted molar refractivity (Wildman–Crippen MR) is 211 cm³/mol. The van der Waals surface area contributed by atoms with Crippen LogP contribution in [0, 0.1) is 0 Å². The smallest absolute Gasteiger partial charge is 0.209 e. The molecule has 292 valence electrons. The van der Waals surface area contributed by atoms with Crippen LogP contribution < -0.4 is 39.7 Å². The van der Waals surface area contributed by atoms with E-state index >= 15 is 0 Å². The second kappa shape index (κ2) is 42.3. The van der Waals surface area contributed by atoms with Gasteiger partial charge in [0, 0.05) is 37.1 Å². The minimum Gasteiger partial charge on any atom is -1.00 e. The maximum atomic E-state index is 6.22. The summed E-state index contributed by atoms with van der Waals surface area (Å²) < 4.78 is 4.41. The van der Waals surface area contributed by atoms with Gasteiger partial charge in [0.05, 0.1) is 0 Å². The van der Waals surface area contributed by atoms with Crippen LogP contribution in [0.3, 0.4) is 0 Å². The van der Waals surface area contributed by atoms with Gasteiger partial charge in [-0.05, 0) is 12.8 Å². The van der Waals surface area contributed by atoms with Crippen LogP contribution in [0.2, 0.25) is 0 Å². The van der Waals surface area contributed by atoms with Gasteiger partial charge in [0.15, 0.2) is 24.8 Å². The number of halogens is 2. The number of hydrogen-bond acceptors (Lipinski definition) is 1. The van der Waals surface area contributed by atoms with E-state index in [1.165, 1.54) is 199 Å². The number of aryl methyl sites for hydroxylation is 1. The Hall–Kier alpha value is -1.16. The number of nitrogens with two attached hydrogens (primary N) is 1. The molecule has 0 saturated heterocycles. The molecule has 3 nitrogen and oxygen atoms in total. The van der Waals surface area contributed by atoms with Crippen molar-refractivity contribution >= 4 is 0 Å². The molecule has 0 saturated carbocycles. The summed E-state index contributed by atoms with van der Waals surface area (Å²) in [6.07, 6.45) is 52.5. The zero-order valence-corrected chi connectivity index (χ0v) is 34.7. The zero-order valence-electron chi connectivity index (χ0n) is 33.2. The van der Waals surface area contributed by atoms with Crippen molar-refractivity contribution in [1.82, 2.24) is 0 Å². The van der Waals surface area contributed by atoms with E-state index in [1.807, 2.05) is 18.2 Å². The first-order chi connectivity index (χ1) is 23.8. The lowest BCUT2D eigenvalue weighted by Gasteiger charge is -2.07. The molecule has 2 aromatic heterocycles. The summed E-state index contributed by atoms with van der Waals surface area (Å²) in [5, 5.41) is 0. The quantitative estimate of drug-likeness (QED) is 0.0597. The first-order valence-electron chi connectivity index (χ1n) is 21.4. The van der Waals surface area contributed by atoms with Crippen LogP contribution in [0.1, 0.15) is 219 Å². The van der Waals surface area contributed by atoms with E-state index in [-0.39, 0.29) is 31.0 Å². The third-order valence-electron chi connectivity index (χ3n) is 10.0. The van der Waals surface area contributed by atoms with Gasteiger partial charge in [-0.15, -0.1) is 0 Å². The van der Waals surface area contributed by atoms with E-state index in [0.29, 0.717) is 0 Å². The van der Waals surface area contributed by atoms with Crippen molar-refractivity contribution in [3.05, 3.63) is 61.2 Å². The Morgan fingerprint density at radius 1 is 0.360 bits per heavy atom. The second-order valence-electron chi connectivity index (χ2n) is 14.7. The van der Waals surface area contributed by atoms with Crippen molar-refractivity contribution in [1.29, 1.82) is 0 Å². The number of unbranched alkanes of at least 4 members (excludes halogenated alkanes) is 28. The molecule has 0 radical (unpaired) electrons. The van der Waals surface area contributed by atoms with Gasteiger partial charge in [-0.2, -0.15) is 4.57 Å². The van der Waals surface area contributed by atoms with Crippen molar-refractivity contribution in [2.45, 2.75) is 226 Å². The van der Waals surface area contributed by atoms with Crippen molar-refractivity contribution in [3.63, 3.8) is 0 Å². The summed E-state index contributed by atoms with van der Waals surface area (Å²) in [5.74, 6) is 0. The Bertz CT molecular complexity index is 867. The number of hydrogen-bond donors (Lipinski definition) is 1. The van der Waals surface area contributed by atoms with Crippen LogP contribution in [-0.2, 0) is 6.54 Å². The molecule has 5 heteroatoms. The van der Waals surface area contributed by atoms with Gasteiger partial charge in [-0.25, -0.2) is 4.57 Å². The molecule has 2 rings (SSSR count). The summed E-state index contributed by atoms with van der Waals surface area (Å²) in [7, 11) is 0. The molecule has 2 N–H and O–H groups in total. The molecule has 0 bridgehead atoms. The molecule has 0 fully saturated rings. The molecule has 0 aliphatic rings.